The number of nitriles is 1. The van der Waals surface area contributed by atoms with E-state index in [-0.39, 0.29) is 24.0 Å². The number of fused-ring (bicyclic) bond motifs is 1. The highest BCUT2D eigenvalue weighted by molar-refractivity contribution is 7.16. The third-order valence-corrected chi connectivity index (χ3v) is 7.45. The maximum absolute atomic E-state index is 12.8. The Hall–Kier alpha value is -3.09. The molecule has 34 heavy (non-hydrogen) atoms. The van der Waals surface area contributed by atoms with Crippen LogP contribution in [0.4, 0.5) is 9.80 Å². The quantitative estimate of drug-likeness (QED) is 0.664. The lowest BCUT2D eigenvalue weighted by molar-refractivity contribution is -0.116. The van der Waals surface area contributed by atoms with E-state index in [1.807, 2.05) is 31.2 Å². The lowest BCUT2D eigenvalue weighted by Gasteiger charge is -2.29. The second-order valence-electron chi connectivity index (χ2n) is 8.60. The molecule has 2 aromatic rings. The van der Waals surface area contributed by atoms with Crippen LogP contribution >= 0.6 is 11.3 Å². The summed E-state index contributed by atoms with van der Waals surface area (Å²) in [5.41, 5.74) is 2.51. The Kier molecular flexibility index (Phi) is 7.70. The Morgan fingerprint density at radius 2 is 2.15 bits per heavy atom. The van der Waals surface area contributed by atoms with E-state index in [1.165, 1.54) is 11.3 Å². The number of nitrogens with one attached hydrogen (secondary N) is 1. The number of morpholine rings is 1. The van der Waals surface area contributed by atoms with E-state index in [9.17, 15) is 14.9 Å². The van der Waals surface area contributed by atoms with Crippen LogP contribution in [-0.4, -0.2) is 56.4 Å². The molecule has 4 rings (SSSR count). The van der Waals surface area contributed by atoms with Gasteiger partial charge >= 0.3 is 6.09 Å². The second-order valence-corrected chi connectivity index (χ2v) is 9.70. The highest BCUT2D eigenvalue weighted by Crippen LogP contribution is 2.39. The predicted octanol–water partition coefficient (Wildman–Crippen LogP) is 4.09. The third-order valence-electron chi connectivity index (χ3n) is 6.28. The number of thiophene rings is 1. The van der Waals surface area contributed by atoms with Gasteiger partial charge in [-0.05, 0) is 42.0 Å². The normalized spacial score (nSPS) is 18.4. The summed E-state index contributed by atoms with van der Waals surface area (Å²) in [6, 6.07) is 9.95. The van der Waals surface area contributed by atoms with Crippen molar-refractivity contribution in [1.29, 1.82) is 5.26 Å². The fraction of sp³-hybridized carbons (Fsp3) is 0.480. The highest BCUT2D eigenvalue weighted by atomic mass is 32.1. The molecule has 1 aromatic heterocycles. The molecule has 0 spiro atoms. The van der Waals surface area contributed by atoms with Gasteiger partial charge in [-0.25, -0.2) is 4.79 Å². The van der Waals surface area contributed by atoms with Crippen LogP contribution in [0.15, 0.2) is 24.3 Å². The van der Waals surface area contributed by atoms with Crippen LogP contribution in [0.3, 0.4) is 0 Å². The van der Waals surface area contributed by atoms with Crippen LogP contribution in [0.2, 0.25) is 0 Å². The zero-order valence-corrected chi connectivity index (χ0v) is 20.3. The summed E-state index contributed by atoms with van der Waals surface area (Å²) in [5.74, 6) is 0.617. The smallest absolute Gasteiger partial charge is 0.410 e. The Balaban J connectivity index is 1.39. The summed E-state index contributed by atoms with van der Waals surface area (Å²) in [6.45, 7) is 4.13. The van der Waals surface area contributed by atoms with Gasteiger partial charge in [0.1, 0.15) is 22.9 Å². The van der Waals surface area contributed by atoms with E-state index in [0.29, 0.717) is 62.6 Å². The van der Waals surface area contributed by atoms with E-state index in [2.05, 4.69) is 11.4 Å². The van der Waals surface area contributed by atoms with Crippen LogP contribution in [0.25, 0.3) is 0 Å². The highest BCUT2D eigenvalue weighted by Gasteiger charge is 2.30. The van der Waals surface area contributed by atoms with Crippen LogP contribution < -0.4 is 10.1 Å². The first-order valence-electron chi connectivity index (χ1n) is 11.5. The zero-order valence-electron chi connectivity index (χ0n) is 19.5. The van der Waals surface area contributed by atoms with Crippen molar-refractivity contribution in [3.63, 3.8) is 0 Å². The van der Waals surface area contributed by atoms with Gasteiger partial charge in [0.2, 0.25) is 5.91 Å². The van der Waals surface area contributed by atoms with Crippen molar-refractivity contribution in [1.82, 2.24) is 4.90 Å². The molecule has 2 unspecified atom stereocenters. The van der Waals surface area contributed by atoms with Crippen molar-refractivity contribution < 1.29 is 23.8 Å². The summed E-state index contributed by atoms with van der Waals surface area (Å²) in [5, 5.41) is 13.3. The number of ether oxygens (including phenoxy) is 3. The number of methoxy groups -OCH3 is 1. The summed E-state index contributed by atoms with van der Waals surface area (Å²) >= 11 is 1.41. The van der Waals surface area contributed by atoms with Gasteiger partial charge in [0, 0.05) is 30.8 Å². The first-order chi connectivity index (χ1) is 16.5. The molecule has 2 amide bonds. The zero-order chi connectivity index (χ0) is 24.1. The monoisotopic (exact) mass is 483 g/mol. The molecule has 1 aromatic carbocycles. The molecule has 1 aliphatic carbocycles. The second kappa shape index (κ2) is 10.9. The van der Waals surface area contributed by atoms with Gasteiger partial charge in [-0.3, -0.25) is 4.79 Å². The van der Waals surface area contributed by atoms with Crippen LogP contribution in [0, 0.1) is 11.3 Å². The van der Waals surface area contributed by atoms with E-state index in [4.69, 9.17) is 14.2 Å². The summed E-state index contributed by atoms with van der Waals surface area (Å²) < 4.78 is 16.3. The first-order valence-corrected chi connectivity index (χ1v) is 12.3. The number of rotatable bonds is 6. The average molecular weight is 484 g/mol. The van der Waals surface area contributed by atoms with E-state index in [1.54, 1.807) is 12.0 Å². The molecule has 2 aliphatic rings. The maximum Gasteiger partial charge on any atom is 0.410 e. The minimum atomic E-state index is -0.311. The van der Waals surface area contributed by atoms with Gasteiger partial charge < -0.3 is 24.4 Å². The topological polar surface area (TPSA) is 101 Å². The van der Waals surface area contributed by atoms with Crippen LogP contribution in [-0.2, 0) is 27.1 Å². The molecule has 2 atom stereocenters. The number of benzene rings is 1. The Morgan fingerprint density at radius 1 is 1.35 bits per heavy atom. The van der Waals surface area contributed by atoms with Gasteiger partial charge in [-0.1, -0.05) is 19.1 Å². The third kappa shape index (κ3) is 5.51. The summed E-state index contributed by atoms with van der Waals surface area (Å²) in [4.78, 5) is 27.9. The van der Waals surface area contributed by atoms with Gasteiger partial charge in [-0.2, -0.15) is 5.26 Å². The summed E-state index contributed by atoms with van der Waals surface area (Å²) in [6.07, 6.45) is 1.61. The Labute approximate surface area is 203 Å². The van der Waals surface area contributed by atoms with Gasteiger partial charge in [0.15, 0.2) is 0 Å². The molecule has 9 heteroatoms. The number of carbonyl (C=O) groups is 2. The lowest BCUT2D eigenvalue weighted by Crippen LogP contribution is -2.42. The maximum atomic E-state index is 12.8. The lowest BCUT2D eigenvalue weighted by atomic mass is 9.93. The van der Waals surface area contributed by atoms with Gasteiger partial charge in [-0.15, -0.1) is 11.3 Å². The molecule has 1 fully saturated rings. The Bertz CT molecular complexity index is 1090. The van der Waals surface area contributed by atoms with E-state index < -0.39 is 0 Å². The van der Waals surface area contributed by atoms with Crippen molar-refractivity contribution in [3.8, 4) is 11.8 Å². The molecule has 1 aliphatic heterocycles. The van der Waals surface area contributed by atoms with Crippen LogP contribution in [0.5, 0.6) is 5.75 Å². The van der Waals surface area contributed by atoms with Gasteiger partial charge in [0.05, 0.1) is 25.9 Å². The molecule has 0 radical (unpaired) electrons. The Morgan fingerprint density at radius 3 is 2.88 bits per heavy atom. The molecule has 0 saturated carbocycles. The minimum absolute atomic E-state index is 0.000738. The number of hydrogen-bond donors (Lipinski definition) is 1. The molecule has 2 heterocycles. The molecule has 1 saturated heterocycles. The predicted molar refractivity (Wildman–Crippen MR) is 128 cm³/mol. The largest absolute Gasteiger partial charge is 0.497 e. The first kappa shape index (κ1) is 24.0. The molecule has 180 valence electrons. The fourth-order valence-electron chi connectivity index (χ4n) is 4.35. The van der Waals surface area contributed by atoms with Gasteiger partial charge in [0.25, 0.3) is 0 Å². The SMILES string of the molecule is COc1cccc(C(C)CC(=O)Nc2sc3c(c2C#N)CCC(OC(=O)N2CCOCC2)C3)c1. The van der Waals surface area contributed by atoms with Crippen molar-refractivity contribution >= 4 is 28.3 Å². The molecular weight excluding hydrogens is 454 g/mol. The molecule has 1 N–H and O–H groups in total. The van der Waals surface area contributed by atoms with Crippen molar-refractivity contribution in [2.24, 2.45) is 0 Å². The average Bonchev–Trinajstić information content (AvgIpc) is 3.20. The van der Waals surface area contributed by atoms with E-state index in [0.717, 1.165) is 21.8 Å². The number of carbonyl (C=O) groups excluding carboxylic acids is 2. The molecule has 8 nitrogen and oxygen atoms in total. The van der Waals surface area contributed by atoms with E-state index >= 15 is 0 Å². The number of amides is 2. The van der Waals surface area contributed by atoms with Crippen molar-refractivity contribution in [3.05, 3.63) is 45.8 Å². The number of hydrogen-bond acceptors (Lipinski definition) is 7. The minimum Gasteiger partial charge on any atom is -0.497 e. The standard InChI is InChI=1S/C25H29N3O5S/c1-16(17-4-3-5-18(13-17)31-2)12-23(29)27-24-21(15-26)20-7-6-19(14-22(20)34-24)33-25(30)28-8-10-32-11-9-28/h3-5,13,16,19H,6-12,14H2,1-2H3,(H,27,29). The van der Waals surface area contributed by atoms with Crippen molar-refractivity contribution in [2.75, 3.05) is 38.7 Å². The fourth-order valence-corrected chi connectivity index (χ4v) is 5.63. The van der Waals surface area contributed by atoms with Crippen molar-refractivity contribution in [2.45, 2.75) is 44.6 Å². The molecular formula is C25H29N3O5S. The number of nitrogens with zero attached hydrogens (tertiary/aromatic N) is 2. The van der Waals surface area contributed by atoms with Crippen LogP contribution in [0.1, 0.15) is 47.3 Å². The molecule has 0 bridgehead atoms. The summed E-state index contributed by atoms with van der Waals surface area (Å²) in [7, 11) is 1.62. The number of anilines is 1.